The molecule has 0 aromatic heterocycles. The number of anilines is 1. The fourth-order valence-corrected chi connectivity index (χ4v) is 6.46. The summed E-state index contributed by atoms with van der Waals surface area (Å²) in [6.07, 6.45) is 3.39. The zero-order valence-corrected chi connectivity index (χ0v) is 21.8. The van der Waals surface area contributed by atoms with Crippen molar-refractivity contribution in [2.75, 3.05) is 31.5 Å². The second-order valence-electron chi connectivity index (χ2n) is 9.95. The number of aliphatic hydroxyl groups is 1. The van der Waals surface area contributed by atoms with Crippen LogP contribution in [0.5, 0.6) is 5.75 Å². The quantitative estimate of drug-likeness (QED) is 0.177. The van der Waals surface area contributed by atoms with Gasteiger partial charge in [-0.05, 0) is 73.1 Å². The predicted molar refractivity (Wildman–Crippen MR) is 149 cm³/mol. The molecule has 0 radical (unpaired) electrons. The van der Waals surface area contributed by atoms with Crippen molar-refractivity contribution in [3.8, 4) is 5.75 Å². The lowest BCUT2D eigenvalue weighted by molar-refractivity contribution is -0.107. The largest absolute Gasteiger partial charge is 0.506 e. The highest BCUT2D eigenvalue weighted by molar-refractivity contribution is 8.01. The number of aromatic hydroxyl groups is 1. The summed E-state index contributed by atoms with van der Waals surface area (Å²) in [6.45, 7) is 4.41. The van der Waals surface area contributed by atoms with Gasteiger partial charge < -0.3 is 25.6 Å². The van der Waals surface area contributed by atoms with Crippen molar-refractivity contribution < 1.29 is 15.0 Å². The molecule has 3 aromatic carbocycles. The molecule has 0 amide bonds. The maximum Gasteiger partial charge on any atom is 0.152 e. The lowest BCUT2D eigenvalue weighted by atomic mass is 9.89. The summed E-state index contributed by atoms with van der Waals surface area (Å²) < 4.78 is 0. The maximum atomic E-state index is 11.2. The molecular weight excluding hydrogens is 482 g/mol. The number of carbonyl (C=O) groups is 1. The van der Waals surface area contributed by atoms with Gasteiger partial charge in [-0.3, -0.25) is 4.90 Å². The highest BCUT2D eigenvalue weighted by Crippen LogP contribution is 2.46. The van der Waals surface area contributed by atoms with Gasteiger partial charge in [0.05, 0.1) is 11.8 Å². The first-order chi connectivity index (χ1) is 18.1. The zero-order chi connectivity index (χ0) is 25.6. The number of aldehydes is 1. The Hall–Kier alpha value is -2.84. The second kappa shape index (κ2) is 12.1. The van der Waals surface area contributed by atoms with Gasteiger partial charge in [0.2, 0.25) is 0 Å². The smallest absolute Gasteiger partial charge is 0.152 e. The molecule has 1 saturated heterocycles. The molecule has 4 N–H and O–H groups in total. The molecule has 0 saturated carbocycles. The summed E-state index contributed by atoms with van der Waals surface area (Å²) in [7, 11) is 0. The van der Waals surface area contributed by atoms with Crippen molar-refractivity contribution in [2.45, 2.75) is 48.1 Å². The summed E-state index contributed by atoms with van der Waals surface area (Å²) in [4.78, 5) is 14.5. The molecule has 2 atom stereocenters. The molecule has 1 unspecified atom stereocenters. The minimum atomic E-state index is -0.723. The average Bonchev–Trinajstić information content (AvgIpc) is 3.38. The molecule has 0 spiro atoms. The van der Waals surface area contributed by atoms with E-state index in [-0.39, 0.29) is 5.75 Å². The van der Waals surface area contributed by atoms with E-state index in [1.165, 1.54) is 41.3 Å². The van der Waals surface area contributed by atoms with E-state index in [1.54, 1.807) is 12.1 Å². The first-order valence-electron chi connectivity index (χ1n) is 13.1. The number of benzene rings is 3. The van der Waals surface area contributed by atoms with Crippen LogP contribution < -0.4 is 10.6 Å². The van der Waals surface area contributed by atoms with Crippen LogP contribution in [-0.2, 0) is 17.8 Å². The van der Waals surface area contributed by atoms with Crippen LogP contribution in [-0.4, -0.2) is 53.0 Å². The molecule has 1 fully saturated rings. The van der Waals surface area contributed by atoms with Crippen LogP contribution in [0.15, 0.2) is 71.6 Å². The van der Waals surface area contributed by atoms with E-state index in [1.807, 2.05) is 0 Å². The minimum absolute atomic E-state index is 0.0937. The standard InChI is InChI=1S/C30H35N3O3S/c34-20-28-32-29-26(35)10-9-25(30(29)37-28)27(36)18-31-14-11-21-5-4-6-22(17-21)19-33-15-12-24(13-16-33)23-7-2-1-3-8-23/h1-10,17,20,24,27-28,31-32,35-36H,11-16,18-19H2/t27-,28?/m0/s1. The van der Waals surface area contributed by atoms with E-state index in [2.05, 4.69) is 70.1 Å². The van der Waals surface area contributed by atoms with E-state index in [4.69, 9.17) is 0 Å². The number of phenols is 1. The van der Waals surface area contributed by atoms with Crippen molar-refractivity contribution in [1.29, 1.82) is 0 Å². The average molecular weight is 518 g/mol. The molecule has 6 nitrogen and oxygen atoms in total. The number of hydrogen-bond donors (Lipinski definition) is 4. The van der Waals surface area contributed by atoms with Crippen molar-refractivity contribution in [2.24, 2.45) is 0 Å². The fourth-order valence-electron chi connectivity index (χ4n) is 5.35. The molecule has 7 heteroatoms. The molecule has 2 aliphatic heterocycles. The molecule has 2 aliphatic rings. The van der Waals surface area contributed by atoms with E-state index in [0.717, 1.165) is 49.3 Å². The fraction of sp³-hybridized carbons (Fsp3) is 0.367. The van der Waals surface area contributed by atoms with Crippen LogP contribution in [0.25, 0.3) is 0 Å². The van der Waals surface area contributed by atoms with Crippen molar-refractivity contribution in [1.82, 2.24) is 10.2 Å². The predicted octanol–water partition coefficient (Wildman–Crippen LogP) is 4.68. The number of likely N-dealkylation sites (tertiary alicyclic amines) is 1. The number of aliphatic hydroxyl groups excluding tert-OH is 1. The van der Waals surface area contributed by atoms with Crippen molar-refractivity contribution in [3.05, 3.63) is 89.0 Å². The Balaban J connectivity index is 1.08. The summed E-state index contributed by atoms with van der Waals surface area (Å²) in [5.41, 5.74) is 5.36. The SMILES string of the molecule is O=CC1Nc2c(O)ccc([C@@H](O)CNCCc3cccc(CN4CCC(c5ccccc5)CC4)c3)c2S1. The number of nitrogens with one attached hydrogen (secondary N) is 2. The second-order valence-corrected chi connectivity index (χ2v) is 11.1. The maximum absolute atomic E-state index is 11.2. The van der Waals surface area contributed by atoms with Gasteiger partial charge in [-0.2, -0.15) is 0 Å². The number of thioether (sulfide) groups is 1. The third-order valence-electron chi connectivity index (χ3n) is 7.36. The normalized spacial score (nSPS) is 18.8. The van der Waals surface area contributed by atoms with Crippen molar-refractivity contribution in [3.63, 3.8) is 0 Å². The topological polar surface area (TPSA) is 84.8 Å². The van der Waals surface area contributed by atoms with Gasteiger partial charge in [-0.15, -0.1) is 0 Å². The Morgan fingerprint density at radius 3 is 2.62 bits per heavy atom. The van der Waals surface area contributed by atoms with Gasteiger partial charge in [-0.25, -0.2) is 0 Å². The highest BCUT2D eigenvalue weighted by atomic mass is 32.2. The summed E-state index contributed by atoms with van der Waals surface area (Å²) in [5.74, 6) is 0.769. The zero-order valence-electron chi connectivity index (χ0n) is 21.0. The van der Waals surface area contributed by atoms with Crippen LogP contribution in [0.2, 0.25) is 0 Å². The highest BCUT2D eigenvalue weighted by Gasteiger charge is 2.28. The van der Waals surface area contributed by atoms with Gasteiger partial charge in [0.15, 0.2) is 6.29 Å². The molecule has 0 aliphatic carbocycles. The number of piperidine rings is 1. The van der Waals surface area contributed by atoms with Crippen LogP contribution in [0.4, 0.5) is 5.69 Å². The first-order valence-corrected chi connectivity index (χ1v) is 14.0. The lowest BCUT2D eigenvalue weighted by Crippen LogP contribution is -2.32. The first kappa shape index (κ1) is 25.8. The van der Waals surface area contributed by atoms with Gasteiger partial charge in [0.25, 0.3) is 0 Å². The van der Waals surface area contributed by atoms with E-state index >= 15 is 0 Å². The van der Waals surface area contributed by atoms with Crippen LogP contribution in [0.3, 0.4) is 0 Å². The number of hydrogen-bond acceptors (Lipinski definition) is 7. The molecule has 0 bridgehead atoms. The third-order valence-corrected chi connectivity index (χ3v) is 8.52. The van der Waals surface area contributed by atoms with E-state index in [9.17, 15) is 15.0 Å². The molecule has 194 valence electrons. The third kappa shape index (κ3) is 6.36. The molecular formula is C30H35N3O3S. The number of nitrogens with zero attached hydrogens (tertiary/aromatic N) is 1. The number of fused-ring (bicyclic) bond motifs is 1. The Kier molecular flexibility index (Phi) is 8.46. The molecule has 37 heavy (non-hydrogen) atoms. The Bertz CT molecular complexity index is 1200. The Morgan fingerprint density at radius 2 is 1.84 bits per heavy atom. The van der Waals surface area contributed by atoms with Crippen molar-refractivity contribution >= 4 is 23.7 Å². The van der Waals surface area contributed by atoms with Crippen LogP contribution in [0.1, 0.15) is 47.1 Å². The Labute approximate surface area is 223 Å². The summed E-state index contributed by atoms with van der Waals surface area (Å²) >= 11 is 1.33. The van der Waals surface area contributed by atoms with E-state index in [0.29, 0.717) is 18.2 Å². The van der Waals surface area contributed by atoms with Crippen LogP contribution >= 0.6 is 11.8 Å². The number of phenolic OH excluding ortho intramolecular Hbond substituents is 1. The van der Waals surface area contributed by atoms with Crippen LogP contribution in [0, 0.1) is 0 Å². The Morgan fingerprint density at radius 1 is 1.05 bits per heavy atom. The molecule has 2 heterocycles. The molecule has 3 aromatic rings. The number of rotatable bonds is 10. The minimum Gasteiger partial charge on any atom is -0.506 e. The monoisotopic (exact) mass is 517 g/mol. The number of carbonyl (C=O) groups excluding carboxylic acids is 1. The van der Waals surface area contributed by atoms with Gasteiger partial charge >= 0.3 is 0 Å². The molecule has 5 rings (SSSR count). The lowest BCUT2D eigenvalue weighted by Gasteiger charge is -2.32. The summed E-state index contributed by atoms with van der Waals surface area (Å²) in [5, 5.41) is 26.8. The van der Waals surface area contributed by atoms with Gasteiger partial charge in [0.1, 0.15) is 11.1 Å². The van der Waals surface area contributed by atoms with E-state index < -0.39 is 11.5 Å². The van der Waals surface area contributed by atoms with Gasteiger partial charge in [-0.1, -0.05) is 72.4 Å². The summed E-state index contributed by atoms with van der Waals surface area (Å²) in [6, 6.07) is 23.0. The van der Waals surface area contributed by atoms with Gasteiger partial charge in [0, 0.05) is 18.0 Å².